The van der Waals surface area contributed by atoms with Crippen LogP contribution in [0.15, 0.2) is 0 Å². The Morgan fingerprint density at radius 1 is 1.50 bits per heavy atom. The first kappa shape index (κ1) is 11.2. The zero-order chi connectivity index (χ0) is 11.9. The van der Waals surface area contributed by atoms with Crippen molar-refractivity contribution < 1.29 is 19.1 Å². The average molecular weight is 227 g/mol. The summed E-state index contributed by atoms with van der Waals surface area (Å²) in [7, 11) is 0. The van der Waals surface area contributed by atoms with Crippen LogP contribution in [-0.4, -0.2) is 41.3 Å². The summed E-state index contributed by atoms with van der Waals surface area (Å²) in [6, 6.07) is -0.436. The Morgan fingerprint density at radius 2 is 2.19 bits per heavy atom. The highest BCUT2D eigenvalue weighted by Gasteiger charge is 2.45. The molecule has 0 aromatic carbocycles. The Labute approximate surface area is 94.7 Å². The third-order valence-electron chi connectivity index (χ3n) is 2.74. The van der Waals surface area contributed by atoms with Crippen LogP contribution in [0, 0.1) is 0 Å². The Kier molecular flexibility index (Phi) is 2.56. The van der Waals surface area contributed by atoms with Crippen molar-refractivity contribution in [2.45, 2.75) is 51.4 Å². The molecule has 2 unspecified atom stereocenters. The molecule has 0 aliphatic carbocycles. The molecule has 0 N–H and O–H groups in total. The van der Waals surface area contributed by atoms with Crippen molar-refractivity contribution in [3.05, 3.63) is 0 Å². The Bertz CT molecular complexity index is 320. The monoisotopic (exact) mass is 227 g/mol. The van der Waals surface area contributed by atoms with Gasteiger partial charge in [0, 0.05) is 19.4 Å². The molecule has 16 heavy (non-hydrogen) atoms. The second kappa shape index (κ2) is 3.64. The lowest BCUT2D eigenvalue weighted by Gasteiger charge is -2.31. The maximum Gasteiger partial charge on any atom is 0.411 e. The van der Waals surface area contributed by atoms with Gasteiger partial charge in [0.25, 0.3) is 0 Å². The molecule has 1 amide bonds. The third kappa shape index (κ3) is 2.13. The van der Waals surface area contributed by atoms with E-state index in [4.69, 9.17) is 9.47 Å². The minimum atomic E-state index is -0.531. The first-order chi connectivity index (χ1) is 7.37. The van der Waals surface area contributed by atoms with Crippen LogP contribution >= 0.6 is 0 Å². The van der Waals surface area contributed by atoms with E-state index in [1.54, 1.807) is 0 Å². The molecular formula is C11H17NO4. The Morgan fingerprint density at radius 3 is 2.81 bits per heavy atom. The van der Waals surface area contributed by atoms with Crippen molar-refractivity contribution in [1.82, 2.24) is 4.90 Å². The number of carbonyl (C=O) groups is 2. The second-order valence-electron chi connectivity index (χ2n) is 5.27. The quantitative estimate of drug-likeness (QED) is 0.585. The van der Waals surface area contributed by atoms with Gasteiger partial charge in [0.15, 0.2) is 0 Å². The average Bonchev–Trinajstić information content (AvgIpc) is 2.40. The zero-order valence-corrected chi connectivity index (χ0v) is 9.86. The summed E-state index contributed by atoms with van der Waals surface area (Å²) in [5, 5.41) is 0. The highest BCUT2D eigenvalue weighted by atomic mass is 16.6. The van der Waals surface area contributed by atoms with E-state index in [2.05, 4.69) is 0 Å². The molecule has 2 aliphatic heterocycles. The van der Waals surface area contributed by atoms with Crippen LogP contribution in [0.1, 0.15) is 33.6 Å². The van der Waals surface area contributed by atoms with Crippen molar-refractivity contribution in [3.63, 3.8) is 0 Å². The third-order valence-corrected chi connectivity index (χ3v) is 2.74. The topological polar surface area (TPSA) is 55.8 Å². The van der Waals surface area contributed by atoms with Crippen molar-refractivity contribution in [3.8, 4) is 0 Å². The highest BCUT2D eigenvalue weighted by Crippen LogP contribution is 2.29. The number of hydrogen-bond acceptors (Lipinski definition) is 4. The van der Waals surface area contributed by atoms with Gasteiger partial charge in [-0.25, -0.2) is 9.59 Å². The number of hydrogen-bond donors (Lipinski definition) is 0. The summed E-state index contributed by atoms with van der Waals surface area (Å²) in [6.45, 7) is 5.97. The van der Waals surface area contributed by atoms with Crippen molar-refractivity contribution in [1.29, 1.82) is 0 Å². The lowest BCUT2D eigenvalue weighted by Crippen LogP contribution is -2.47. The minimum Gasteiger partial charge on any atom is -0.461 e. The molecule has 0 saturated carbocycles. The molecule has 0 aromatic rings. The van der Waals surface area contributed by atoms with Gasteiger partial charge in [-0.1, -0.05) is 0 Å². The van der Waals surface area contributed by atoms with Gasteiger partial charge in [-0.3, -0.25) is 4.90 Å². The fourth-order valence-corrected chi connectivity index (χ4v) is 2.05. The summed E-state index contributed by atoms with van der Waals surface area (Å²) in [4.78, 5) is 24.8. The van der Waals surface area contributed by atoms with E-state index < -0.39 is 17.7 Å². The maximum absolute atomic E-state index is 11.8. The van der Waals surface area contributed by atoms with Crippen LogP contribution in [0.25, 0.3) is 0 Å². The van der Waals surface area contributed by atoms with Gasteiger partial charge < -0.3 is 9.47 Å². The standard InChI is InChI=1S/C11H17NO4/c1-11(2,3)16-10(14)12-5-4-7-6-8(12)9(13)15-7/h7-8H,4-6H2,1-3H3. The molecule has 2 aliphatic rings. The number of piperidine rings is 1. The van der Waals surface area contributed by atoms with E-state index in [0.717, 1.165) is 0 Å². The predicted molar refractivity (Wildman–Crippen MR) is 55.8 cm³/mol. The lowest BCUT2D eigenvalue weighted by atomic mass is 10.0. The zero-order valence-electron chi connectivity index (χ0n) is 9.86. The maximum atomic E-state index is 11.8. The van der Waals surface area contributed by atoms with Crippen molar-refractivity contribution in [2.75, 3.05) is 6.54 Å². The first-order valence-corrected chi connectivity index (χ1v) is 5.57. The molecule has 2 atom stereocenters. The molecule has 2 saturated heterocycles. The number of rotatable bonds is 0. The Hall–Kier alpha value is -1.26. The van der Waals surface area contributed by atoms with Crippen LogP contribution in [-0.2, 0) is 14.3 Å². The number of esters is 1. The van der Waals surface area contributed by atoms with Crippen molar-refractivity contribution >= 4 is 12.1 Å². The molecule has 5 nitrogen and oxygen atoms in total. The fraction of sp³-hybridized carbons (Fsp3) is 0.818. The van der Waals surface area contributed by atoms with E-state index in [-0.39, 0.29) is 12.1 Å². The molecule has 90 valence electrons. The SMILES string of the molecule is CC(C)(C)OC(=O)N1CCC2CC1C(=O)O2. The molecule has 2 heterocycles. The van der Waals surface area contributed by atoms with Gasteiger partial charge in [-0.2, -0.15) is 0 Å². The van der Waals surface area contributed by atoms with Gasteiger partial charge in [0.2, 0.25) is 0 Å². The van der Waals surface area contributed by atoms with E-state index in [1.165, 1.54) is 4.90 Å². The summed E-state index contributed by atoms with van der Waals surface area (Å²) >= 11 is 0. The van der Waals surface area contributed by atoms with Gasteiger partial charge in [0.1, 0.15) is 17.7 Å². The van der Waals surface area contributed by atoms with Crippen LogP contribution in [0.2, 0.25) is 0 Å². The molecule has 5 heteroatoms. The lowest BCUT2D eigenvalue weighted by molar-refractivity contribution is -0.143. The number of fused-ring (bicyclic) bond motifs is 2. The Balaban J connectivity index is 2.04. The van der Waals surface area contributed by atoms with E-state index in [9.17, 15) is 9.59 Å². The number of likely N-dealkylation sites (tertiary alicyclic amines) is 1. The minimum absolute atomic E-state index is 0.00353. The molecule has 2 bridgehead atoms. The van der Waals surface area contributed by atoms with E-state index in [1.807, 2.05) is 20.8 Å². The van der Waals surface area contributed by atoms with Gasteiger partial charge in [-0.15, -0.1) is 0 Å². The molecule has 2 rings (SSSR count). The van der Waals surface area contributed by atoms with Crippen LogP contribution < -0.4 is 0 Å². The van der Waals surface area contributed by atoms with Gasteiger partial charge in [0.05, 0.1) is 0 Å². The summed E-state index contributed by atoms with van der Waals surface area (Å²) in [6.07, 6.45) is 0.894. The first-order valence-electron chi connectivity index (χ1n) is 5.57. The molecule has 0 aromatic heterocycles. The molecule has 0 radical (unpaired) electrons. The van der Waals surface area contributed by atoms with Crippen LogP contribution in [0.5, 0.6) is 0 Å². The van der Waals surface area contributed by atoms with Crippen molar-refractivity contribution in [2.24, 2.45) is 0 Å². The summed E-state index contributed by atoms with van der Waals surface area (Å²) in [5.41, 5.74) is -0.531. The van der Waals surface area contributed by atoms with E-state index in [0.29, 0.717) is 19.4 Å². The number of nitrogens with zero attached hydrogens (tertiary/aromatic N) is 1. The number of amides is 1. The van der Waals surface area contributed by atoms with Crippen LogP contribution in [0.3, 0.4) is 0 Å². The number of carbonyl (C=O) groups excluding carboxylic acids is 2. The van der Waals surface area contributed by atoms with E-state index >= 15 is 0 Å². The molecule has 2 fully saturated rings. The highest BCUT2D eigenvalue weighted by molar-refractivity contribution is 5.83. The smallest absolute Gasteiger partial charge is 0.411 e. The molecule has 0 spiro atoms. The molecular weight excluding hydrogens is 210 g/mol. The fourth-order valence-electron chi connectivity index (χ4n) is 2.05. The predicted octanol–water partition coefficient (Wildman–Crippen LogP) is 1.31. The second-order valence-corrected chi connectivity index (χ2v) is 5.27. The largest absolute Gasteiger partial charge is 0.461 e. The van der Waals surface area contributed by atoms with Crippen LogP contribution in [0.4, 0.5) is 4.79 Å². The summed E-state index contributed by atoms with van der Waals surface area (Å²) in [5.74, 6) is -0.298. The van der Waals surface area contributed by atoms with Gasteiger partial charge in [-0.05, 0) is 20.8 Å². The number of ether oxygens (including phenoxy) is 2. The normalized spacial score (nSPS) is 28.9. The summed E-state index contributed by atoms with van der Waals surface area (Å²) < 4.78 is 10.4. The van der Waals surface area contributed by atoms with Gasteiger partial charge >= 0.3 is 12.1 Å².